The Kier molecular flexibility index (Phi) is 3.75. The van der Waals surface area contributed by atoms with Crippen LogP contribution in [-0.2, 0) is 13.5 Å². The average molecular weight is 372 g/mol. The summed E-state index contributed by atoms with van der Waals surface area (Å²) in [4.78, 5) is 4.58. The van der Waals surface area contributed by atoms with Gasteiger partial charge in [0.1, 0.15) is 11.6 Å². The van der Waals surface area contributed by atoms with Gasteiger partial charge in [-0.25, -0.2) is 9.37 Å². The highest BCUT2D eigenvalue weighted by atomic mass is 79.9. The lowest BCUT2D eigenvalue weighted by Gasteiger charge is -2.07. The van der Waals surface area contributed by atoms with Gasteiger partial charge in [-0.05, 0) is 28.9 Å². The van der Waals surface area contributed by atoms with Crippen LogP contribution >= 0.6 is 27.5 Å². The summed E-state index contributed by atoms with van der Waals surface area (Å²) in [6, 6.07) is 3.17. The van der Waals surface area contributed by atoms with Crippen molar-refractivity contribution < 1.29 is 4.39 Å². The molecule has 0 fully saturated rings. The molecule has 0 atom stereocenters. The molecule has 0 radical (unpaired) electrons. The SMILES string of the molecule is Cc1nn(C)cc1-n1c(CCCl)nc2cc(Br)c(F)cc21. The molecule has 0 aliphatic rings. The fraction of sp³-hybridized carbons (Fsp3) is 0.286. The molecular formula is C14H13BrClFN4. The number of imidazole rings is 1. The van der Waals surface area contributed by atoms with E-state index in [1.807, 2.05) is 24.7 Å². The molecule has 0 N–H and O–H groups in total. The Morgan fingerprint density at radius 3 is 2.76 bits per heavy atom. The molecule has 0 amide bonds. The van der Waals surface area contributed by atoms with E-state index in [0.29, 0.717) is 22.3 Å². The highest BCUT2D eigenvalue weighted by Gasteiger charge is 2.17. The largest absolute Gasteiger partial charge is 0.293 e. The van der Waals surface area contributed by atoms with Gasteiger partial charge < -0.3 is 0 Å². The summed E-state index contributed by atoms with van der Waals surface area (Å²) >= 11 is 9.07. The van der Waals surface area contributed by atoms with Crippen LogP contribution < -0.4 is 0 Å². The molecule has 0 unspecified atom stereocenters. The van der Waals surface area contributed by atoms with Gasteiger partial charge in [0.05, 0.1) is 26.9 Å². The van der Waals surface area contributed by atoms with E-state index in [1.165, 1.54) is 6.07 Å². The molecule has 0 spiro atoms. The number of rotatable bonds is 3. The summed E-state index contributed by atoms with van der Waals surface area (Å²) in [5.41, 5.74) is 3.19. The van der Waals surface area contributed by atoms with Crippen molar-refractivity contribution >= 4 is 38.6 Å². The van der Waals surface area contributed by atoms with Gasteiger partial charge in [0.25, 0.3) is 0 Å². The van der Waals surface area contributed by atoms with Crippen LogP contribution in [0.1, 0.15) is 11.5 Å². The zero-order chi connectivity index (χ0) is 15.1. The predicted octanol–water partition coefficient (Wildman–Crippen LogP) is 3.75. The smallest absolute Gasteiger partial charge is 0.139 e. The maximum Gasteiger partial charge on any atom is 0.139 e. The molecule has 4 nitrogen and oxygen atoms in total. The van der Waals surface area contributed by atoms with E-state index < -0.39 is 0 Å². The second kappa shape index (κ2) is 5.42. The fourth-order valence-corrected chi connectivity index (χ4v) is 2.95. The number of hydrogen-bond donors (Lipinski definition) is 0. The third-order valence-electron chi connectivity index (χ3n) is 3.31. The number of fused-ring (bicyclic) bond motifs is 1. The van der Waals surface area contributed by atoms with E-state index in [-0.39, 0.29) is 5.82 Å². The van der Waals surface area contributed by atoms with Crippen LogP contribution in [0, 0.1) is 12.7 Å². The Morgan fingerprint density at radius 1 is 1.38 bits per heavy atom. The molecule has 0 bridgehead atoms. The molecule has 1 aromatic carbocycles. The molecular weight excluding hydrogens is 359 g/mol. The minimum absolute atomic E-state index is 0.317. The Morgan fingerprint density at radius 2 is 2.14 bits per heavy atom. The normalized spacial score (nSPS) is 11.5. The second-order valence-electron chi connectivity index (χ2n) is 4.83. The van der Waals surface area contributed by atoms with E-state index >= 15 is 0 Å². The number of aryl methyl sites for hydroxylation is 3. The highest BCUT2D eigenvalue weighted by molar-refractivity contribution is 9.10. The lowest BCUT2D eigenvalue weighted by Crippen LogP contribution is -2.03. The van der Waals surface area contributed by atoms with Crippen molar-refractivity contribution in [3.8, 4) is 5.69 Å². The van der Waals surface area contributed by atoms with Gasteiger partial charge in [-0.1, -0.05) is 0 Å². The number of hydrogen-bond acceptors (Lipinski definition) is 2. The lowest BCUT2D eigenvalue weighted by atomic mass is 10.3. The van der Waals surface area contributed by atoms with Crippen LogP contribution in [0.5, 0.6) is 0 Å². The van der Waals surface area contributed by atoms with Crippen LogP contribution in [-0.4, -0.2) is 25.2 Å². The zero-order valence-corrected chi connectivity index (χ0v) is 13.9. The molecule has 7 heteroatoms. The summed E-state index contributed by atoms with van der Waals surface area (Å²) in [5, 5.41) is 4.35. The van der Waals surface area contributed by atoms with Gasteiger partial charge >= 0.3 is 0 Å². The third kappa shape index (κ3) is 2.46. The van der Waals surface area contributed by atoms with Gasteiger partial charge in [-0.15, -0.1) is 11.6 Å². The monoisotopic (exact) mass is 370 g/mol. The van der Waals surface area contributed by atoms with E-state index in [2.05, 4.69) is 26.0 Å². The molecule has 0 aliphatic heterocycles. The first-order valence-electron chi connectivity index (χ1n) is 6.44. The number of nitrogens with zero attached hydrogens (tertiary/aromatic N) is 4. The minimum Gasteiger partial charge on any atom is -0.293 e. The summed E-state index contributed by atoms with van der Waals surface area (Å²) in [6.07, 6.45) is 2.50. The van der Waals surface area contributed by atoms with Crippen LogP contribution in [0.15, 0.2) is 22.8 Å². The molecule has 0 aliphatic carbocycles. The van der Waals surface area contributed by atoms with Crippen molar-refractivity contribution in [3.63, 3.8) is 0 Å². The molecule has 21 heavy (non-hydrogen) atoms. The molecule has 110 valence electrons. The van der Waals surface area contributed by atoms with Crippen LogP contribution in [0.4, 0.5) is 4.39 Å². The fourth-order valence-electron chi connectivity index (χ4n) is 2.45. The summed E-state index contributed by atoms with van der Waals surface area (Å²) in [5.74, 6) is 0.933. The van der Waals surface area contributed by atoms with Crippen molar-refractivity contribution in [2.75, 3.05) is 5.88 Å². The van der Waals surface area contributed by atoms with Gasteiger partial charge in [-0.2, -0.15) is 5.10 Å². The standard InChI is InChI=1S/C14H13BrClFN4/c1-8-13(7-20(2)19-8)21-12-6-10(17)9(15)5-11(12)18-14(21)3-4-16/h5-7H,3-4H2,1-2H3. The molecule has 2 aromatic heterocycles. The maximum absolute atomic E-state index is 13.9. The Labute approximate surface area is 134 Å². The summed E-state index contributed by atoms with van der Waals surface area (Å²) in [6.45, 7) is 1.92. The van der Waals surface area contributed by atoms with Crippen molar-refractivity contribution in [1.29, 1.82) is 0 Å². The second-order valence-corrected chi connectivity index (χ2v) is 6.06. The van der Waals surface area contributed by atoms with Crippen molar-refractivity contribution in [2.45, 2.75) is 13.3 Å². The molecule has 0 saturated heterocycles. The highest BCUT2D eigenvalue weighted by Crippen LogP contribution is 2.28. The quantitative estimate of drug-likeness (QED) is 0.657. The van der Waals surface area contributed by atoms with Gasteiger partial charge in [0, 0.05) is 31.6 Å². The average Bonchev–Trinajstić information content (AvgIpc) is 2.90. The molecule has 3 aromatic rings. The van der Waals surface area contributed by atoms with Crippen LogP contribution in [0.3, 0.4) is 0 Å². The lowest BCUT2D eigenvalue weighted by molar-refractivity contribution is 0.622. The van der Waals surface area contributed by atoms with Crippen molar-refractivity contribution in [3.05, 3.63) is 40.1 Å². The number of halogens is 3. The van der Waals surface area contributed by atoms with Crippen LogP contribution in [0.2, 0.25) is 0 Å². The maximum atomic E-state index is 13.9. The Bertz CT molecular complexity index is 824. The van der Waals surface area contributed by atoms with E-state index in [1.54, 1.807) is 10.7 Å². The first-order chi connectivity index (χ1) is 10.0. The van der Waals surface area contributed by atoms with E-state index in [4.69, 9.17) is 11.6 Å². The van der Waals surface area contributed by atoms with Gasteiger partial charge in [0.2, 0.25) is 0 Å². The van der Waals surface area contributed by atoms with Crippen molar-refractivity contribution in [2.24, 2.45) is 7.05 Å². The Balaban J connectivity index is 2.35. The molecule has 2 heterocycles. The van der Waals surface area contributed by atoms with Gasteiger partial charge in [0.15, 0.2) is 0 Å². The Hall–Kier alpha value is -1.40. The first kappa shape index (κ1) is 14.5. The number of alkyl halides is 1. The number of benzene rings is 1. The van der Waals surface area contributed by atoms with Crippen molar-refractivity contribution in [1.82, 2.24) is 19.3 Å². The molecule has 0 saturated carbocycles. The zero-order valence-electron chi connectivity index (χ0n) is 11.6. The van der Waals surface area contributed by atoms with E-state index in [9.17, 15) is 4.39 Å². The molecule has 3 rings (SSSR count). The predicted molar refractivity (Wildman–Crippen MR) is 84.7 cm³/mol. The van der Waals surface area contributed by atoms with Crippen LogP contribution in [0.25, 0.3) is 16.7 Å². The summed E-state index contributed by atoms with van der Waals surface area (Å²) in [7, 11) is 1.86. The summed E-state index contributed by atoms with van der Waals surface area (Å²) < 4.78 is 18.0. The van der Waals surface area contributed by atoms with E-state index in [0.717, 1.165) is 22.7 Å². The minimum atomic E-state index is -0.317. The number of aromatic nitrogens is 4. The third-order valence-corrected chi connectivity index (χ3v) is 4.11. The van der Waals surface area contributed by atoms with Gasteiger partial charge in [-0.3, -0.25) is 9.25 Å². The first-order valence-corrected chi connectivity index (χ1v) is 7.77. The topological polar surface area (TPSA) is 35.6 Å².